The van der Waals surface area contributed by atoms with Gasteiger partial charge in [-0.1, -0.05) is 45.5 Å². The number of rotatable bonds is 3. The maximum atomic E-state index is 13.5. The molecule has 3 aromatic carbocycles. The van der Waals surface area contributed by atoms with Gasteiger partial charge in [-0.3, -0.25) is 14.5 Å². The third-order valence-corrected chi connectivity index (χ3v) is 8.03. The molecule has 36 heavy (non-hydrogen) atoms. The highest BCUT2D eigenvalue weighted by molar-refractivity contribution is 9.10. The number of aliphatic hydroxyl groups excluding tert-OH is 1. The van der Waals surface area contributed by atoms with Gasteiger partial charge in [0.1, 0.15) is 17.6 Å². The molecule has 0 radical (unpaired) electrons. The van der Waals surface area contributed by atoms with E-state index in [4.69, 9.17) is 4.74 Å². The summed E-state index contributed by atoms with van der Waals surface area (Å²) in [5, 5.41) is 11.9. The molecule has 1 amide bonds. The van der Waals surface area contributed by atoms with Crippen LogP contribution in [0.4, 0.5) is 5.13 Å². The molecule has 2 aliphatic heterocycles. The van der Waals surface area contributed by atoms with Gasteiger partial charge < -0.3 is 9.84 Å². The number of carbonyl (C=O) groups is 2. The van der Waals surface area contributed by atoms with E-state index in [-0.39, 0.29) is 17.4 Å². The Morgan fingerprint density at radius 1 is 1.14 bits per heavy atom. The van der Waals surface area contributed by atoms with E-state index in [1.165, 1.54) is 16.2 Å². The summed E-state index contributed by atoms with van der Waals surface area (Å²) in [5.74, 6) is -0.888. The summed E-state index contributed by atoms with van der Waals surface area (Å²) < 4.78 is 7.51. The van der Waals surface area contributed by atoms with E-state index in [0.717, 1.165) is 31.6 Å². The van der Waals surface area contributed by atoms with Gasteiger partial charge in [-0.05, 0) is 73.0 Å². The number of fused-ring (bicyclic) bond motifs is 2. The fourth-order valence-corrected chi connectivity index (χ4v) is 6.38. The number of anilines is 1. The van der Waals surface area contributed by atoms with Crippen LogP contribution in [0.2, 0.25) is 0 Å². The minimum Gasteiger partial charge on any atom is -0.507 e. The molecule has 4 aromatic rings. The van der Waals surface area contributed by atoms with Crippen molar-refractivity contribution in [2.24, 2.45) is 0 Å². The van der Waals surface area contributed by atoms with Gasteiger partial charge in [0.15, 0.2) is 5.13 Å². The Hall–Kier alpha value is -3.49. The highest BCUT2D eigenvalue weighted by atomic mass is 79.9. The maximum absolute atomic E-state index is 13.5. The van der Waals surface area contributed by atoms with Crippen LogP contribution in [0.25, 0.3) is 16.0 Å². The first-order valence-electron chi connectivity index (χ1n) is 11.5. The lowest BCUT2D eigenvalue weighted by molar-refractivity contribution is -0.132. The Morgan fingerprint density at radius 3 is 2.78 bits per heavy atom. The third kappa shape index (κ3) is 3.72. The number of thiazole rings is 1. The van der Waals surface area contributed by atoms with Crippen molar-refractivity contribution in [1.82, 2.24) is 4.98 Å². The number of aromatic nitrogens is 1. The number of halogens is 1. The summed E-state index contributed by atoms with van der Waals surface area (Å²) in [7, 11) is 0. The number of amides is 1. The molecule has 0 aliphatic carbocycles. The molecular formula is C28H21BrN2O4S. The van der Waals surface area contributed by atoms with Gasteiger partial charge in [0.25, 0.3) is 5.78 Å². The summed E-state index contributed by atoms with van der Waals surface area (Å²) >= 11 is 4.85. The SMILES string of the molecule is Cc1ccc2nc(N3C(=O)C(=O)/C(=C(/O)c4ccc5c(c4)C[C@H](C)O5)[C@H]3c3cccc(Br)c3)sc2c1. The molecule has 1 N–H and O–H groups in total. The molecule has 1 aromatic heterocycles. The fourth-order valence-electron chi connectivity index (χ4n) is 4.87. The smallest absolute Gasteiger partial charge is 0.301 e. The Bertz CT molecular complexity index is 1610. The minimum absolute atomic E-state index is 0.0421. The number of hydrogen-bond acceptors (Lipinski definition) is 6. The molecule has 180 valence electrons. The molecule has 6 rings (SSSR count). The van der Waals surface area contributed by atoms with Crippen molar-refractivity contribution in [3.8, 4) is 5.75 Å². The molecule has 3 heterocycles. The van der Waals surface area contributed by atoms with Gasteiger partial charge in [0, 0.05) is 16.5 Å². The summed E-state index contributed by atoms with van der Waals surface area (Å²) in [6, 6.07) is 17.8. The summed E-state index contributed by atoms with van der Waals surface area (Å²) in [6.45, 7) is 3.98. The van der Waals surface area contributed by atoms with E-state index in [0.29, 0.717) is 22.7 Å². The first-order chi connectivity index (χ1) is 17.3. The third-order valence-electron chi connectivity index (χ3n) is 6.52. The van der Waals surface area contributed by atoms with Crippen molar-refractivity contribution in [1.29, 1.82) is 0 Å². The molecule has 0 bridgehead atoms. The number of ether oxygens (including phenoxy) is 1. The molecule has 0 saturated carbocycles. The number of hydrogen-bond donors (Lipinski definition) is 1. The molecule has 0 spiro atoms. The average Bonchev–Trinajstić information content (AvgIpc) is 3.50. The minimum atomic E-state index is -0.826. The van der Waals surface area contributed by atoms with Crippen LogP contribution >= 0.6 is 27.3 Å². The van der Waals surface area contributed by atoms with Gasteiger partial charge in [-0.2, -0.15) is 0 Å². The quantitative estimate of drug-likeness (QED) is 0.180. The molecule has 1 fully saturated rings. The second kappa shape index (κ2) is 8.57. The monoisotopic (exact) mass is 560 g/mol. The van der Waals surface area contributed by atoms with Crippen molar-refractivity contribution in [2.45, 2.75) is 32.4 Å². The number of benzene rings is 3. The van der Waals surface area contributed by atoms with Crippen LogP contribution in [0.15, 0.2) is 70.7 Å². The predicted molar refractivity (Wildman–Crippen MR) is 144 cm³/mol. The summed E-state index contributed by atoms with van der Waals surface area (Å²) in [6.07, 6.45) is 0.762. The van der Waals surface area contributed by atoms with E-state index in [2.05, 4.69) is 20.9 Å². The van der Waals surface area contributed by atoms with Gasteiger partial charge in [-0.15, -0.1) is 0 Å². The lowest BCUT2D eigenvalue weighted by Gasteiger charge is -2.23. The van der Waals surface area contributed by atoms with Crippen LogP contribution in [0.3, 0.4) is 0 Å². The number of nitrogens with zero attached hydrogens (tertiary/aromatic N) is 2. The summed E-state index contributed by atoms with van der Waals surface area (Å²) in [4.78, 5) is 33.0. The Balaban J connectivity index is 1.54. The first-order valence-corrected chi connectivity index (χ1v) is 13.1. The van der Waals surface area contributed by atoms with Crippen LogP contribution in [-0.4, -0.2) is 27.9 Å². The Kier molecular flexibility index (Phi) is 5.46. The van der Waals surface area contributed by atoms with Crippen LogP contribution in [0.1, 0.15) is 35.2 Å². The zero-order valence-corrected chi connectivity index (χ0v) is 21.9. The molecular weight excluding hydrogens is 540 g/mol. The van der Waals surface area contributed by atoms with Crippen LogP contribution in [0, 0.1) is 6.92 Å². The molecule has 2 aliphatic rings. The lowest BCUT2D eigenvalue weighted by atomic mass is 9.94. The predicted octanol–water partition coefficient (Wildman–Crippen LogP) is 6.32. The largest absolute Gasteiger partial charge is 0.507 e. The van der Waals surface area contributed by atoms with E-state index >= 15 is 0 Å². The van der Waals surface area contributed by atoms with E-state index in [9.17, 15) is 14.7 Å². The number of ketones is 1. The van der Waals surface area contributed by atoms with Gasteiger partial charge in [0.2, 0.25) is 0 Å². The molecule has 2 atom stereocenters. The molecule has 1 saturated heterocycles. The zero-order chi connectivity index (χ0) is 25.1. The van der Waals surface area contributed by atoms with Crippen LogP contribution in [-0.2, 0) is 16.0 Å². The normalized spacial score (nSPS) is 20.7. The average molecular weight is 561 g/mol. The van der Waals surface area contributed by atoms with E-state index < -0.39 is 17.7 Å². The van der Waals surface area contributed by atoms with E-state index in [1.807, 2.05) is 62.4 Å². The van der Waals surface area contributed by atoms with Crippen molar-refractivity contribution in [3.05, 3.63) is 93.0 Å². The lowest BCUT2D eigenvalue weighted by Crippen LogP contribution is -2.29. The van der Waals surface area contributed by atoms with Crippen LogP contribution < -0.4 is 9.64 Å². The zero-order valence-electron chi connectivity index (χ0n) is 19.5. The standard InChI is InChI=1S/C28H21BrN2O4S/c1-14-6-8-20-22(10-14)36-28(30-20)31-24(16-4-3-5-19(29)13-16)23(26(33)27(31)34)25(32)17-7-9-21-18(12-17)11-15(2)35-21/h3-10,12-13,15,24,32H,11H2,1-2H3/b25-23+/t15-,24+/m0/s1. The highest BCUT2D eigenvalue weighted by Crippen LogP contribution is 2.45. The fraction of sp³-hybridized carbons (Fsp3) is 0.179. The summed E-state index contributed by atoms with van der Waals surface area (Å²) in [5.41, 5.74) is 4.01. The number of Topliss-reactive ketones (excluding diaryl/α,β-unsaturated/α-hetero) is 1. The molecule has 6 nitrogen and oxygen atoms in total. The maximum Gasteiger partial charge on any atom is 0.301 e. The Morgan fingerprint density at radius 2 is 1.97 bits per heavy atom. The van der Waals surface area contributed by atoms with Crippen molar-refractivity contribution in [3.63, 3.8) is 0 Å². The second-order valence-corrected chi connectivity index (χ2v) is 11.1. The van der Waals surface area contributed by atoms with Gasteiger partial charge >= 0.3 is 5.91 Å². The second-order valence-electron chi connectivity index (χ2n) is 9.15. The first kappa shape index (κ1) is 22.9. The van der Waals surface area contributed by atoms with Crippen molar-refractivity contribution < 1.29 is 19.4 Å². The topological polar surface area (TPSA) is 79.7 Å². The highest BCUT2D eigenvalue weighted by Gasteiger charge is 2.48. The van der Waals surface area contributed by atoms with E-state index in [1.54, 1.807) is 12.1 Å². The molecule has 8 heteroatoms. The number of aryl methyl sites for hydroxylation is 1. The number of aliphatic hydroxyl groups is 1. The van der Waals surface area contributed by atoms with Crippen molar-refractivity contribution >= 4 is 60.1 Å². The van der Waals surface area contributed by atoms with Gasteiger partial charge in [-0.25, -0.2) is 4.98 Å². The molecule has 0 unspecified atom stereocenters. The van der Waals surface area contributed by atoms with Gasteiger partial charge in [0.05, 0.1) is 21.8 Å². The number of carbonyl (C=O) groups excluding carboxylic acids is 2. The Labute approximate surface area is 220 Å². The van der Waals surface area contributed by atoms with Crippen molar-refractivity contribution in [2.75, 3.05) is 4.90 Å². The van der Waals surface area contributed by atoms with Crippen LogP contribution in [0.5, 0.6) is 5.75 Å².